The zero-order valence-corrected chi connectivity index (χ0v) is 15.5. The maximum atomic E-state index is 12.4. The molecule has 1 amide bonds. The lowest BCUT2D eigenvalue weighted by atomic mass is 10.2. The number of hydrogen-bond donors (Lipinski definition) is 1. The summed E-state index contributed by atoms with van der Waals surface area (Å²) in [5.41, 5.74) is 0.893. The van der Waals surface area contributed by atoms with Gasteiger partial charge in [-0.15, -0.1) is 0 Å². The molecule has 6 nitrogen and oxygen atoms in total. The van der Waals surface area contributed by atoms with E-state index in [0.29, 0.717) is 11.7 Å². The van der Waals surface area contributed by atoms with E-state index in [9.17, 15) is 13.2 Å². The van der Waals surface area contributed by atoms with Gasteiger partial charge in [0.2, 0.25) is 0 Å². The van der Waals surface area contributed by atoms with Crippen LogP contribution in [-0.4, -0.2) is 28.5 Å². The van der Waals surface area contributed by atoms with Gasteiger partial charge in [0, 0.05) is 16.6 Å². The van der Waals surface area contributed by atoms with E-state index in [1.165, 1.54) is 32.4 Å². The standard InChI is InChI=1S/C15H18BrNO5S/c1-9(10-4-5-10)6-15(18)17-23(19,20)14-8-13(22-3)12(21-2)7-11(14)16/h6-8,10H,4-5H2,1-3H3,(H,17,18)/b9-6-. The first-order valence-electron chi connectivity index (χ1n) is 6.95. The summed E-state index contributed by atoms with van der Waals surface area (Å²) in [4.78, 5) is 11.8. The molecule has 0 saturated heterocycles. The molecule has 0 atom stereocenters. The Kier molecular flexibility index (Phi) is 5.36. The number of nitrogens with one attached hydrogen (secondary N) is 1. The van der Waals surface area contributed by atoms with Crippen LogP contribution in [-0.2, 0) is 14.8 Å². The molecule has 0 bridgehead atoms. The molecule has 0 aromatic heterocycles. The van der Waals surface area contributed by atoms with Crippen LogP contribution < -0.4 is 14.2 Å². The van der Waals surface area contributed by atoms with Gasteiger partial charge < -0.3 is 9.47 Å². The highest BCUT2D eigenvalue weighted by molar-refractivity contribution is 9.10. The number of allylic oxidation sites excluding steroid dienone is 1. The number of sulfonamides is 1. The van der Waals surface area contributed by atoms with Crippen molar-refractivity contribution in [3.05, 3.63) is 28.3 Å². The summed E-state index contributed by atoms with van der Waals surface area (Å²) in [6.45, 7) is 1.83. The van der Waals surface area contributed by atoms with Crippen molar-refractivity contribution in [2.45, 2.75) is 24.7 Å². The van der Waals surface area contributed by atoms with Gasteiger partial charge in [0.15, 0.2) is 11.5 Å². The minimum atomic E-state index is -4.03. The smallest absolute Gasteiger partial charge is 0.265 e. The van der Waals surface area contributed by atoms with Gasteiger partial charge in [-0.3, -0.25) is 4.79 Å². The van der Waals surface area contributed by atoms with E-state index in [1.54, 1.807) is 0 Å². The number of amides is 1. The molecule has 0 radical (unpaired) electrons. The highest BCUT2D eigenvalue weighted by atomic mass is 79.9. The Morgan fingerprint density at radius 2 is 1.83 bits per heavy atom. The van der Waals surface area contributed by atoms with Crippen molar-refractivity contribution in [1.82, 2.24) is 4.72 Å². The summed E-state index contributed by atoms with van der Waals surface area (Å²) in [6, 6.07) is 2.78. The first-order valence-corrected chi connectivity index (χ1v) is 9.22. The van der Waals surface area contributed by atoms with Crippen LogP contribution in [0.1, 0.15) is 19.8 Å². The Bertz CT molecular complexity index is 753. The summed E-state index contributed by atoms with van der Waals surface area (Å²) < 4.78 is 37.4. The molecule has 0 spiro atoms. The maximum absolute atomic E-state index is 12.4. The van der Waals surface area contributed by atoms with Crippen LogP contribution in [0.25, 0.3) is 0 Å². The molecular formula is C15H18BrNO5S. The Balaban J connectivity index is 2.28. The second-order valence-electron chi connectivity index (χ2n) is 5.27. The monoisotopic (exact) mass is 403 g/mol. The average molecular weight is 404 g/mol. The third-order valence-electron chi connectivity index (χ3n) is 3.54. The summed E-state index contributed by atoms with van der Waals surface area (Å²) in [6.07, 6.45) is 3.43. The molecular weight excluding hydrogens is 386 g/mol. The molecule has 1 aliphatic carbocycles. The van der Waals surface area contributed by atoms with Crippen LogP contribution >= 0.6 is 15.9 Å². The number of hydrogen-bond acceptors (Lipinski definition) is 5. The Morgan fingerprint density at radius 1 is 1.26 bits per heavy atom. The molecule has 1 aromatic carbocycles. The maximum Gasteiger partial charge on any atom is 0.265 e. The number of benzene rings is 1. The van der Waals surface area contributed by atoms with Crippen LogP contribution in [0.3, 0.4) is 0 Å². The fourth-order valence-corrected chi connectivity index (χ4v) is 4.09. The second-order valence-corrected chi connectivity index (χ2v) is 7.78. The first-order chi connectivity index (χ1) is 10.8. The van der Waals surface area contributed by atoms with Crippen molar-refractivity contribution < 1.29 is 22.7 Å². The lowest BCUT2D eigenvalue weighted by Gasteiger charge is -2.12. The van der Waals surface area contributed by atoms with Crippen LogP contribution in [0.2, 0.25) is 0 Å². The Labute approximate surface area is 144 Å². The number of ether oxygens (including phenoxy) is 2. The van der Waals surface area contributed by atoms with Crippen LogP contribution in [0, 0.1) is 5.92 Å². The van der Waals surface area contributed by atoms with Gasteiger partial charge in [0.05, 0.1) is 14.2 Å². The van der Waals surface area contributed by atoms with Gasteiger partial charge in [0.25, 0.3) is 15.9 Å². The molecule has 1 aliphatic rings. The van der Waals surface area contributed by atoms with Gasteiger partial charge >= 0.3 is 0 Å². The third-order valence-corrected chi connectivity index (χ3v) is 5.85. The quantitative estimate of drug-likeness (QED) is 0.738. The normalized spacial score (nSPS) is 15.2. The van der Waals surface area contributed by atoms with Crippen LogP contribution in [0.4, 0.5) is 0 Å². The lowest BCUT2D eigenvalue weighted by Crippen LogP contribution is -2.29. The van der Waals surface area contributed by atoms with Crippen LogP contribution in [0.5, 0.6) is 11.5 Å². The van der Waals surface area contributed by atoms with Gasteiger partial charge in [-0.05, 0) is 47.7 Å². The number of carbonyl (C=O) groups is 1. The fourth-order valence-electron chi connectivity index (χ4n) is 2.12. The number of halogens is 1. The summed E-state index contributed by atoms with van der Waals surface area (Å²) in [5, 5.41) is 0. The number of methoxy groups -OCH3 is 2. The number of rotatable bonds is 6. The molecule has 1 aromatic rings. The molecule has 23 heavy (non-hydrogen) atoms. The number of carbonyl (C=O) groups excluding carboxylic acids is 1. The van der Waals surface area contributed by atoms with Crippen molar-refractivity contribution in [3.63, 3.8) is 0 Å². The lowest BCUT2D eigenvalue weighted by molar-refractivity contribution is -0.114. The van der Waals surface area contributed by atoms with E-state index in [0.717, 1.165) is 18.4 Å². The molecule has 126 valence electrons. The molecule has 2 rings (SSSR count). The SMILES string of the molecule is COc1cc(Br)c(S(=O)(=O)NC(=O)/C=C(/C)C2CC2)cc1OC. The van der Waals surface area contributed by atoms with Gasteiger partial charge in [-0.1, -0.05) is 5.57 Å². The van der Waals surface area contributed by atoms with Crippen molar-refractivity contribution in [2.75, 3.05) is 14.2 Å². The third kappa shape index (κ3) is 4.26. The largest absolute Gasteiger partial charge is 0.493 e. The van der Waals surface area contributed by atoms with E-state index in [-0.39, 0.29) is 15.1 Å². The van der Waals surface area contributed by atoms with Crippen molar-refractivity contribution in [2.24, 2.45) is 5.92 Å². The van der Waals surface area contributed by atoms with Crippen molar-refractivity contribution in [3.8, 4) is 11.5 Å². The molecule has 0 aliphatic heterocycles. The Hall–Kier alpha value is -1.54. The van der Waals surface area contributed by atoms with Gasteiger partial charge in [-0.25, -0.2) is 13.1 Å². The van der Waals surface area contributed by atoms with Crippen molar-refractivity contribution in [1.29, 1.82) is 0 Å². The summed E-state index contributed by atoms with van der Waals surface area (Å²) >= 11 is 3.18. The van der Waals surface area contributed by atoms with E-state index in [1.807, 2.05) is 11.6 Å². The van der Waals surface area contributed by atoms with E-state index in [2.05, 4.69) is 15.9 Å². The fraction of sp³-hybridized carbons (Fsp3) is 0.400. The van der Waals surface area contributed by atoms with E-state index >= 15 is 0 Å². The van der Waals surface area contributed by atoms with E-state index < -0.39 is 15.9 Å². The molecule has 0 heterocycles. The van der Waals surface area contributed by atoms with Gasteiger partial charge in [-0.2, -0.15) is 0 Å². The molecule has 1 saturated carbocycles. The summed E-state index contributed by atoms with van der Waals surface area (Å²) in [7, 11) is -1.17. The molecule has 1 N–H and O–H groups in total. The average Bonchev–Trinajstić information content (AvgIpc) is 3.30. The highest BCUT2D eigenvalue weighted by Gasteiger charge is 2.26. The van der Waals surface area contributed by atoms with Crippen LogP contribution in [0.15, 0.2) is 33.2 Å². The van der Waals surface area contributed by atoms with Gasteiger partial charge in [0.1, 0.15) is 4.90 Å². The first kappa shape index (κ1) is 17.8. The predicted molar refractivity (Wildman–Crippen MR) is 89.1 cm³/mol. The second kappa shape index (κ2) is 6.92. The molecule has 8 heteroatoms. The predicted octanol–water partition coefficient (Wildman–Crippen LogP) is 2.63. The highest BCUT2D eigenvalue weighted by Crippen LogP contribution is 2.36. The minimum absolute atomic E-state index is 0.0963. The minimum Gasteiger partial charge on any atom is -0.493 e. The molecule has 0 unspecified atom stereocenters. The topological polar surface area (TPSA) is 81.7 Å². The molecule has 1 fully saturated rings. The van der Waals surface area contributed by atoms with E-state index in [4.69, 9.17) is 9.47 Å². The zero-order valence-electron chi connectivity index (χ0n) is 13.1. The zero-order chi connectivity index (χ0) is 17.2. The summed E-state index contributed by atoms with van der Waals surface area (Å²) in [5.74, 6) is 0.384. The Morgan fingerprint density at radius 3 is 2.35 bits per heavy atom. The van der Waals surface area contributed by atoms with Crippen molar-refractivity contribution >= 4 is 31.9 Å².